The van der Waals surface area contributed by atoms with Crippen LogP contribution in [-0.4, -0.2) is 44.4 Å². The molecule has 0 heterocycles. The molecule has 0 bridgehead atoms. The van der Waals surface area contributed by atoms with Crippen LogP contribution in [0.2, 0.25) is 0 Å². The van der Waals surface area contributed by atoms with Crippen molar-refractivity contribution in [1.82, 2.24) is 4.90 Å². The van der Waals surface area contributed by atoms with E-state index in [9.17, 15) is 0 Å². The molecule has 0 fully saturated rings. The minimum Gasteiger partial charge on any atom is -0.444 e. The molecule has 0 saturated heterocycles. The minimum atomic E-state index is 0.484. The second-order valence-corrected chi connectivity index (χ2v) is 3.42. The van der Waals surface area contributed by atoms with E-state index in [0.717, 1.165) is 26.2 Å². The molecule has 0 amide bonds. The van der Waals surface area contributed by atoms with Crippen molar-refractivity contribution in [1.29, 1.82) is 0 Å². The molecule has 88 valence electrons. The highest BCUT2D eigenvalue weighted by molar-refractivity contribution is 4.67. The number of hydrogen-bond acceptors (Lipinski definition) is 3. The van der Waals surface area contributed by atoms with Crippen molar-refractivity contribution in [3.63, 3.8) is 0 Å². The molecular weight excluding hydrogens is 190 g/mol. The van der Waals surface area contributed by atoms with Gasteiger partial charge < -0.3 is 14.4 Å². The molecule has 0 aromatic carbocycles. The van der Waals surface area contributed by atoms with Crippen molar-refractivity contribution in [2.75, 3.05) is 39.5 Å². The largest absolute Gasteiger partial charge is 0.444 e. The van der Waals surface area contributed by atoms with Gasteiger partial charge in [0.2, 0.25) is 0 Å². The van der Waals surface area contributed by atoms with Crippen LogP contribution < -0.4 is 0 Å². The van der Waals surface area contributed by atoms with Gasteiger partial charge in [-0.05, 0) is 25.9 Å². The Labute approximate surface area is 93.7 Å². The maximum absolute atomic E-state index is 5.40. The first kappa shape index (κ1) is 14.3. The summed E-state index contributed by atoms with van der Waals surface area (Å²) < 4.78 is 10.1. The SMILES string of the molecule is C#COCCOCCN(CCC)CCC. The summed E-state index contributed by atoms with van der Waals surface area (Å²) in [5.41, 5.74) is 0. The molecule has 0 aromatic heterocycles. The van der Waals surface area contributed by atoms with E-state index in [4.69, 9.17) is 15.9 Å². The summed E-state index contributed by atoms with van der Waals surface area (Å²) in [5, 5.41) is 0. The maximum Gasteiger partial charge on any atom is 0.123 e. The lowest BCUT2D eigenvalue weighted by Gasteiger charge is -2.20. The molecule has 0 aromatic rings. The number of nitrogens with zero attached hydrogens (tertiary/aromatic N) is 1. The molecule has 15 heavy (non-hydrogen) atoms. The Morgan fingerprint density at radius 1 is 1.00 bits per heavy atom. The Bertz CT molecular complexity index is 159. The summed E-state index contributed by atoms with van der Waals surface area (Å²) in [6, 6.07) is 0. The van der Waals surface area contributed by atoms with Crippen LogP contribution in [0.5, 0.6) is 0 Å². The summed E-state index contributed by atoms with van der Waals surface area (Å²) in [6.45, 7) is 9.52. The third-order valence-corrected chi connectivity index (χ3v) is 2.04. The zero-order chi connectivity index (χ0) is 11.4. The summed E-state index contributed by atoms with van der Waals surface area (Å²) in [7, 11) is 0. The van der Waals surface area contributed by atoms with Crippen molar-refractivity contribution in [3.8, 4) is 12.5 Å². The fourth-order valence-electron chi connectivity index (χ4n) is 1.42. The van der Waals surface area contributed by atoms with Gasteiger partial charge in [0.25, 0.3) is 0 Å². The average Bonchev–Trinajstić information content (AvgIpc) is 2.24. The molecule has 0 spiro atoms. The lowest BCUT2D eigenvalue weighted by Crippen LogP contribution is -2.29. The zero-order valence-corrected chi connectivity index (χ0v) is 10.00. The van der Waals surface area contributed by atoms with E-state index in [-0.39, 0.29) is 0 Å². The minimum absolute atomic E-state index is 0.484. The van der Waals surface area contributed by atoms with Gasteiger partial charge in [0, 0.05) is 6.54 Å². The van der Waals surface area contributed by atoms with Gasteiger partial charge >= 0.3 is 0 Å². The number of hydrogen-bond donors (Lipinski definition) is 0. The van der Waals surface area contributed by atoms with Gasteiger partial charge in [0.05, 0.1) is 13.2 Å². The first-order valence-electron chi connectivity index (χ1n) is 5.72. The number of terminal acetylenes is 1. The van der Waals surface area contributed by atoms with Crippen LogP contribution in [0.15, 0.2) is 0 Å². The van der Waals surface area contributed by atoms with Crippen LogP contribution in [0.4, 0.5) is 0 Å². The van der Waals surface area contributed by atoms with Crippen molar-refractivity contribution in [2.24, 2.45) is 0 Å². The molecule has 0 atom stereocenters. The van der Waals surface area contributed by atoms with Crippen molar-refractivity contribution >= 4 is 0 Å². The number of ether oxygens (including phenoxy) is 2. The zero-order valence-electron chi connectivity index (χ0n) is 10.00. The molecule has 3 heteroatoms. The lowest BCUT2D eigenvalue weighted by atomic mass is 10.3. The summed E-state index contributed by atoms with van der Waals surface area (Å²) in [5.74, 6) is 0. The van der Waals surface area contributed by atoms with Crippen LogP contribution >= 0.6 is 0 Å². The van der Waals surface area contributed by atoms with E-state index >= 15 is 0 Å². The molecule has 0 radical (unpaired) electrons. The van der Waals surface area contributed by atoms with Gasteiger partial charge in [0.1, 0.15) is 12.7 Å². The first-order chi connectivity index (χ1) is 7.35. The fraction of sp³-hybridized carbons (Fsp3) is 0.833. The second-order valence-electron chi connectivity index (χ2n) is 3.42. The third-order valence-electron chi connectivity index (χ3n) is 2.04. The molecular formula is C12H23NO2. The summed E-state index contributed by atoms with van der Waals surface area (Å²) in [6.07, 6.45) is 9.44. The van der Waals surface area contributed by atoms with E-state index in [1.807, 2.05) is 0 Å². The second kappa shape index (κ2) is 11.4. The fourth-order valence-corrected chi connectivity index (χ4v) is 1.42. The highest BCUT2D eigenvalue weighted by Crippen LogP contribution is 1.93. The lowest BCUT2D eigenvalue weighted by molar-refractivity contribution is 0.0728. The molecule has 0 aliphatic rings. The molecule has 0 aliphatic heterocycles. The van der Waals surface area contributed by atoms with Crippen LogP contribution in [0.3, 0.4) is 0 Å². The van der Waals surface area contributed by atoms with Gasteiger partial charge in [0.15, 0.2) is 0 Å². The molecule has 0 saturated carbocycles. The molecule has 0 rings (SSSR count). The van der Waals surface area contributed by atoms with E-state index in [1.165, 1.54) is 12.8 Å². The van der Waals surface area contributed by atoms with Gasteiger partial charge in [-0.1, -0.05) is 20.3 Å². The quantitative estimate of drug-likeness (QED) is 0.407. The van der Waals surface area contributed by atoms with Crippen molar-refractivity contribution in [2.45, 2.75) is 26.7 Å². The summed E-state index contributed by atoms with van der Waals surface area (Å²) >= 11 is 0. The van der Waals surface area contributed by atoms with E-state index in [0.29, 0.717) is 13.2 Å². The maximum atomic E-state index is 5.40. The topological polar surface area (TPSA) is 21.7 Å². The smallest absolute Gasteiger partial charge is 0.123 e. The Kier molecular flexibility index (Phi) is 10.8. The highest BCUT2D eigenvalue weighted by atomic mass is 16.5. The molecule has 0 unspecified atom stereocenters. The average molecular weight is 213 g/mol. The van der Waals surface area contributed by atoms with Crippen LogP contribution in [-0.2, 0) is 9.47 Å². The molecule has 0 aliphatic carbocycles. The van der Waals surface area contributed by atoms with Gasteiger partial charge in [-0.2, -0.15) is 0 Å². The number of rotatable bonds is 10. The predicted molar refractivity (Wildman–Crippen MR) is 62.6 cm³/mol. The van der Waals surface area contributed by atoms with Crippen molar-refractivity contribution < 1.29 is 9.47 Å². The van der Waals surface area contributed by atoms with Gasteiger partial charge in [-0.15, -0.1) is 0 Å². The Morgan fingerprint density at radius 2 is 1.67 bits per heavy atom. The highest BCUT2D eigenvalue weighted by Gasteiger charge is 2.01. The Hall–Kier alpha value is -0.720. The Balaban J connectivity index is 3.32. The third kappa shape index (κ3) is 9.58. The normalized spacial score (nSPS) is 10.3. The van der Waals surface area contributed by atoms with Crippen LogP contribution in [0, 0.1) is 12.5 Å². The predicted octanol–water partition coefficient (Wildman–Crippen LogP) is 1.73. The summed E-state index contributed by atoms with van der Waals surface area (Å²) in [4.78, 5) is 2.42. The van der Waals surface area contributed by atoms with E-state index in [2.05, 4.69) is 24.9 Å². The molecule has 3 nitrogen and oxygen atoms in total. The van der Waals surface area contributed by atoms with Crippen LogP contribution in [0.1, 0.15) is 26.7 Å². The standard InChI is InChI=1S/C12H23NO2/c1-4-7-13(8-5-2)9-10-15-12-11-14-6-3/h3H,4-5,7-12H2,1-2H3. The monoisotopic (exact) mass is 213 g/mol. The van der Waals surface area contributed by atoms with Crippen molar-refractivity contribution in [3.05, 3.63) is 0 Å². The van der Waals surface area contributed by atoms with Gasteiger partial charge in [-0.25, -0.2) is 0 Å². The molecule has 0 N–H and O–H groups in total. The van der Waals surface area contributed by atoms with E-state index in [1.54, 1.807) is 0 Å². The van der Waals surface area contributed by atoms with Gasteiger partial charge in [-0.3, -0.25) is 0 Å². The first-order valence-corrected chi connectivity index (χ1v) is 5.72. The Morgan fingerprint density at radius 3 is 2.20 bits per heavy atom. The van der Waals surface area contributed by atoms with E-state index < -0.39 is 0 Å². The van der Waals surface area contributed by atoms with Crippen LogP contribution in [0.25, 0.3) is 0 Å².